The number of rotatable bonds is 2. The zero-order chi connectivity index (χ0) is 5.70. The van der Waals surface area contributed by atoms with Crippen LogP contribution in [0.3, 0.4) is 0 Å². The normalized spacial score (nSPS) is 11.1. The summed E-state index contributed by atoms with van der Waals surface area (Å²) < 4.78 is 0. The molecular formula is C6H12ClN. The molecule has 0 aliphatic rings. The minimum Gasteiger partial charge on any atom is -0.318 e. The molecule has 1 atom stereocenters. The molecule has 48 valence electrons. The fraction of sp³-hybridized carbons (Fsp3) is 0.667. The highest BCUT2D eigenvalue weighted by Gasteiger charge is 1.89. The Kier molecular flexibility index (Phi) is 9.13. The molecule has 0 aliphatic carbocycles. The Morgan fingerprint density at radius 3 is 2.38 bits per heavy atom. The Hall–Kier alpha value is -0.190. The predicted octanol–water partition coefficient (Wildman–Crippen LogP) is 1.17. The molecule has 0 fully saturated rings. The Labute approximate surface area is 57.1 Å². The van der Waals surface area contributed by atoms with Gasteiger partial charge in [-0.3, -0.25) is 0 Å². The van der Waals surface area contributed by atoms with Gasteiger partial charge in [0.15, 0.2) is 0 Å². The lowest BCUT2D eigenvalue weighted by Gasteiger charge is -1.96. The minimum atomic E-state index is -0.0231. The molecule has 1 nitrogen and oxygen atoms in total. The molecule has 0 aliphatic heterocycles. The monoisotopic (exact) mass is 133 g/mol. The third-order valence-electron chi connectivity index (χ3n) is 0.814. The standard InChI is InChI=1S/C6H11N.ClH/c1-3-5-6(7)4-2;/h2,6H,3,5,7H2,1H3;1H. The van der Waals surface area contributed by atoms with Crippen LogP contribution in [-0.2, 0) is 0 Å². The Morgan fingerprint density at radius 1 is 1.75 bits per heavy atom. The number of halogens is 1. The number of hydrogen-bond donors (Lipinski definition) is 1. The molecule has 0 rings (SSSR count). The molecule has 0 aromatic carbocycles. The number of terminal acetylenes is 1. The van der Waals surface area contributed by atoms with Gasteiger partial charge in [-0.25, -0.2) is 0 Å². The van der Waals surface area contributed by atoms with Crippen LogP contribution < -0.4 is 5.73 Å². The van der Waals surface area contributed by atoms with Crippen molar-refractivity contribution < 1.29 is 0 Å². The van der Waals surface area contributed by atoms with Gasteiger partial charge < -0.3 is 5.73 Å². The molecule has 0 aromatic heterocycles. The van der Waals surface area contributed by atoms with Gasteiger partial charge in [-0.2, -0.15) is 0 Å². The largest absolute Gasteiger partial charge is 0.318 e. The number of hydrogen-bond acceptors (Lipinski definition) is 1. The van der Waals surface area contributed by atoms with E-state index >= 15 is 0 Å². The van der Waals surface area contributed by atoms with Crippen molar-refractivity contribution in [3.8, 4) is 12.3 Å². The summed E-state index contributed by atoms with van der Waals surface area (Å²) >= 11 is 0. The summed E-state index contributed by atoms with van der Waals surface area (Å²) in [4.78, 5) is 0. The van der Waals surface area contributed by atoms with Crippen LogP contribution >= 0.6 is 12.4 Å². The lowest BCUT2D eigenvalue weighted by atomic mass is 10.2. The smallest absolute Gasteiger partial charge is 0.0661 e. The molecule has 0 saturated heterocycles. The zero-order valence-electron chi connectivity index (χ0n) is 5.05. The van der Waals surface area contributed by atoms with Crippen molar-refractivity contribution in [3.63, 3.8) is 0 Å². The van der Waals surface area contributed by atoms with E-state index in [0.29, 0.717) is 0 Å². The number of nitrogens with two attached hydrogens (primary N) is 1. The van der Waals surface area contributed by atoms with Gasteiger partial charge in [-0.05, 0) is 6.42 Å². The predicted molar refractivity (Wildman–Crippen MR) is 39.0 cm³/mol. The van der Waals surface area contributed by atoms with E-state index < -0.39 is 0 Å². The fourth-order valence-corrected chi connectivity index (χ4v) is 0.394. The summed E-state index contributed by atoms with van der Waals surface area (Å²) in [7, 11) is 0. The van der Waals surface area contributed by atoms with E-state index in [0.717, 1.165) is 12.8 Å². The van der Waals surface area contributed by atoms with Crippen LogP contribution in [0, 0.1) is 12.3 Å². The molecule has 0 saturated carbocycles. The Morgan fingerprint density at radius 2 is 2.25 bits per heavy atom. The SMILES string of the molecule is C#CC(N)CCC.Cl. The van der Waals surface area contributed by atoms with Crippen molar-refractivity contribution in [1.82, 2.24) is 0 Å². The highest BCUT2D eigenvalue weighted by Crippen LogP contribution is 1.88. The van der Waals surface area contributed by atoms with Crippen LogP contribution in [0.2, 0.25) is 0 Å². The second kappa shape index (κ2) is 6.81. The quantitative estimate of drug-likeness (QED) is 0.563. The van der Waals surface area contributed by atoms with Crippen molar-refractivity contribution in [2.24, 2.45) is 5.73 Å². The lowest BCUT2D eigenvalue weighted by molar-refractivity contribution is 0.721. The van der Waals surface area contributed by atoms with E-state index in [-0.39, 0.29) is 18.4 Å². The van der Waals surface area contributed by atoms with Crippen molar-refractivity contribution in [1.29, 1.82) is 0 Å². The van der Waals surface area contributed by atoms with Gasteiger partial charge in [-0.15, -0.1) is 18.8 Å². The van der Waals surface area contributed by atoms with Crippen LogP contribution in [0.5, 0.6) is 0 Å². The Bertz CT molecular complexity index is 75.1. The molecule has 8 heavy (non-hydrogen) atoms. The molecule has 0 amide bonds. The van der Waals surface area contributed by atoms with Gasteiger partial charge in [0.1, 0.15) is 0 Å². The summed E-state index contributed by atoms with van der Waals surface area (Å²) in [5.74, 6) is 2.44. The molecule has 1 unspecified atom stereocenters. The third-order valence-corrected chi connectivity index (χ3v) is 0.814. The van der Waals surface area contributed by atoms with Crippen LogP contribution in [0.15, 0.2) is 0 Å². The summed E-state index contributed by atoms with van der Waals surface area (Å²) in [6.45, 7) is 2.07. The second-order valence-corrected chi connectivity index (χ2v) is 1.56. The lowest BCUT2D eigenvalue weighted by Crippen LogP contribution is -2.15. The maximum Gasteiger partial charge on any atom is 0.0661 e. The molecule has 2 N–H and O–H groups in total. The molecule has 0 bridgehead atoms. The van der Waals surface area contributed by atoms with E-state index in [2.05, 4.69) is 12.8 Å². The molecule has 0 spiro atoms. The first-order valence-corrected chi connectivity index (χ1v) is 2.53. The maximum absolute atomic E-state index is 5.35. The summed E-state index contributed by atoms with van der Waals surface area (Å²) in [6, 6.07) is -0.0231. The molecular weight excluding hydrogens is 122 g/mol. The fourth-order valence-electron chi connectivity index (χ4n) is 0.394. The Balaban J connectivity index is 0. The summed E-state index contributed by atoms with van der Waals surface area (Å²) in [6.07, 6.45) is 7.00. The van der Waals surface area contributed by atoms with Crippen LogP contribution in [0.25, 0.3) is 0 Å². The molecule has 2 heteroatoms. The van der Waals surface area contributed by atoms with Crippen molar-refractivity contribution in [2.45, 2.75) is 25.8 Å². The zero-order valence-corrected chi connectivity index (χ0v) is 5.87. The van der Waals surface area contributed by atoms with Crippen molar-refractivity contribution in [2.75, 3.05) is 0 Å². The van der Waals surface area contributed by atoms with Gasteiger partial charge in [0.25, 0.3) is 0 Å². The van der Waals surface area contributed by atoms with Crippen LogP contribution in [-0.4, -0.2) is 6.04 Å². The summed E-state index contributed by atoms with van der Waals surface area (Å²) in [5, 5.41) is 0. The first-order chi connectivity index (χ1) is 3.31. The van der Waals surface area contributed by atoms with Crippen LogP contribution in [0.1, 0.15) is 19.8 Å². The van der Waals surface area contributed by atoms with Gasteiger partial charge >= 0.3 is 0 Å². The van der Waals surface area contributed by atoms with Crippen LogP contribution in [0.4, 0.5) is 0 Å². The first-order valence-electron chi connectivity index (χ1n) is 2.53. The van der Waals surface area contributed by atoms with E-state index in [1.807, 2.05) is 0 Å². The summed E-state index contributed by atoms with van der Waals surface area (Å²) in [5.41, 5.74) is 5.35. The van der Waals surface area contributed by atoms with E-state index in [4.69, 9.17) is 12.2 Å². The minimum absolute atomic E-state index is 0. The molecule has 0 heterocycles. The highest BCUT2D eigenvalue weighted by molar-refractivity contribution is 5.85. The maximum atomic E-state index is 5.35. The highest BCUT2D eigenvalue weighted by atomic mass is 35.5. The third kappa shape index (κ3) is 5.81. The second-order valence-electron chi connectivity index (χ2n) is 1.56. The van der Waals surface area contributed by atoms with E-state index in [9.17, 15) is 0 Å². The first kappa shape index (κ1) is 10.7. The van der Waals surface area contributed by atoms with Gasteiger partial charge in [0.05, 0.1) is 6.04 Å². The van der Waals surface area contributed by atoms with E-state index in [1.54, 1.807) is 0 Å². The average Bonchev–Trinajstić information content (AvgIpc) is 1.68. The van der Waals surface area contributed by atoms with Crippen molar-refractivity contribution >= 4 is 12.4 Å². The van der Waals surface area contributed by atoms with Gasteiger partial charge in [-0.1, -0.05) is 19.3 Å². The topological polar surface area (TPSA) is 26.0 Å². The van der Waals surface area contributed by atoms with Gasteiger partial charge in [0, 0.05) is 0 Å². The van der Waals surface area contributed by atoms with Crippen molar-refractivity contribution in [3.05, 3.63) is 0 Å². The molecule has 0 aromatic rings. The van der Waals surface area contributed by atoms with E-state index in [1.165, 1.54) is 0 Å². The van der Waals surface area contributed by atoms with Gasteiger partial charge in [0.2, 0.25) is 0 Å². The molecule has 0 radical (unpaired) electrons. The average molecular weight is 134 g/mol.